The summed E-state index contributed by atoms with van der Waals surface area (Å²) < 4.78 is 24.3. The van der Waals surface area contributed by atoms with Crippen LogP contribution in [0.25, 0.3) is 0 Å². The SMILES string of the molecule is CCC(C)CC(=O)ONS(=O)(=O)c1cccc(Br)c1. The number of carbonyl (C=O) groups excluding carboxylic acids is 1. The van der Waals surface area contributed by atoms with Crippen LogP contribution in [-0.2, 0) is 19.7 Å². The summed E-state index contributed by atoms with van der Waals surface area (Å²) >= 11 is 3.18. The van der Waals surface area contributed by atoms with Gasteiger partial charge in [0.15, 0.2) is 0 Å². The van der Waals surface area contributed by atoms with Gasteiger partial charge in [0.25, 0.3) is 10.0 Å². The zero-order valence-corrected chi connectivity index (χ0v) is 13.1. The van der Waals surface area contributed by atoms with Crippen LogP contribution >= 0.6 is 15.9 Å². The highest BCUT2D eigenvalue weighted by atomic mass is 79.9. The zero-order chi connectivity index (χ0) is 14.5. The fourth-order valence-electron chi connectivity index (χ4n) is 1.25. The lowest BCUT2D eigenvalue weighted by atomic mass is 10.1. The van der Waals surface area contributed by atoms with Crippen molar-refractivity contribution in [3.63, 3.8) is 0 Å². The van der Waals surface area contributed by atoms with Gasteiger partial charge in [-0.05, 0) is 29.0 Å². The Kier molecular flexibility index (Phi) is 5.96. The minimum atomic E-state index is -3.84. The normalized spacial score (nSPS) is 13.0. The van der Waals surface area contributed by atoms with Crippen LogP contribution in [0.4, 0.5) is 0 Å². The smallest absolute Gasteiger partial charge is 0.326 e. The van der Waals surface area contributed by atoms with Gasteiger partial charge < -0.3 is 4.84 Å². The molecule has 0 aromatic heterocycles. The Morgan fingerprint density at radius 2 is 2.16 bits per heavy atom. The predicted octanol–water partition coefficient (Wildman–Crippen LogP) is 2.62. The zero-order valence-electron chi connectivity index (χ0n) is 10.7. The van der Waals surface area contributed by atoms with Gasteiger partial charge in [-0.3, -0.25) is 4.79 Å². The van der Waals surface area contributed by atoms with E-state index in [0.29, 0.717) is 4.47 Å². The molecule has 0 spiro atoms. The van der Waals surface area contributed by atoms with Crippen LogP contribution in [0.1, 0.15) is 26.7 Å². The topological polar surface area (TPSA) is 72.5 Å². The summed E-state index contributed by atoms with van der Waals surface area (Å²) in [6.07, 6.45) is 1.00. The standard InChI is InChI=1S/C12H16BrNO4S/c1-3-9(2)7-12(15)18-14-19(16,17)11-6-4-5-10(13)8-11/h4-6,8-9,14H,3,7H2,1-2H3. The molecule has 1 aromatic rings. The molecular weight excluding hydrogens is 334 g/mol. The fourth-order valence-corrected chi connectivity index (χ4v) is 2.64. The maximum Gasteiger partial charge on any atom is 0.326 e. The molecular formula is C12H16BrNO4S. The number of halogens is 1. The molecule has 0 fully saturated rings. The van der Waals surface area contributed by atoms with Crippen LogP contribution in [0.2, 0.25) is 0 Å². The van der Waals surface area contributed by atoms with E-state index in [4.69, 9.17) is 0 Å². The molecule has 5 nitrogen and oxygen atoms in total. The monoisotopic (exact) mass is 349 g/mol. The molecule has 1 aromatic carbocycles. The number of benzene rings is 1. The van der Waals surface area contributed by atoms with E-state index in [0.717, 1.165) is 6.42 Å². The minimum absolute atomic E-state index is 0.0261. The van der Waals surface area contributed by atoms with Crippen molar-refractivity contribution in [3.05, 3.63) is 28.7 Å². The Balaban J connectivity index is 2.64. The van der Waals surface area contributed by atoms with E-state index in [1.54, 1.807) is 12.1 Å². The van der Waals surface area contributed by atoms with Gasteiger partial charge in [0.1, 0.15) is 0 Å². The van der Waals surface area contributed by atoms with Crippen molar-refractivity contribution in [2.45, 2.75) is 31.6 Å². The molecule has 106 valence electrons. The highest BCUT2D eigenvalue weighted by Gasteiger charge is 2.17. The molecule has 0 radical (unpaired) electrons. The largest absolute Gasteiger partial charge is 0.356 e. The first-order valence-corrected chi connectivity index (χ1v) is 8.09. The Morgan fingerprint density at radius 3 is 2.74 bits per heavy atom. The van der Waals surface area contributed by atoms with Gasteiger partial charge in [0.05, 0.1) is 4.90 Å². The molecule has 0 saturated heterocycles. The van der Waals surface area contributed by atoms with Crippen molar-refractivity contribution >= 4 is 31.9 Å². The van der Waals surface area contributed by atoms with Crippen LogP contribution in [0.15, 0.2) is 33.6 Å². The molecule has 0 aliphatic heterocycles. The maximum absolute atomic E-state index is 11.8. The lowest BCUT2D eigenvalue weighted by Crippen LogP contribution is -2.28. The molecule has 0 aliphatic rings. The summed E-state index contributed by atoms with van der Waals surface area (Å²) in [5.41, 5.74) is 0. The molecule has 19 heavy (non-hydrogen) atoms. The fraction of sp³-hybridized carbons (Fsp3) is 0.417. The number of hydrogen-bond donors (Lipinski definition) is 1. The van der Waals surface area contributed by atoms with Crippen molar-refractivity contribution in [1.82, 2.24) is 4.89 Å². The summed E-state index contributed by atoms with van der Waals surface area (Å²) in [6, 6.07) is 6.12. The molecule has 1 atom stereocenters. The second kappa shape index (κ2) is 7.02. The van der Waals surface area contributed by atoms with Gasteiger partial charge in [-0.25, -0.2) is 8.42 Å². The third kappa shape index (κ3) is 5.30. The number of rotatable bonds is 6. The van der Waals surface area contributed by atoms with E-state index >= 15 is 0 Å². The van der Waals surface area contributed by atoms with Crippen molar-refractivity contribution in [3.8, 4) is 0 Å². The van der Waals surface area contributed by atoms with Gasteiger partial charge >= 0.3 is 5.97 Å². The van der Waals surface area contributed by atoms with Gasteiger partial charge in [0.2, 0.25) is 0 Å². The van der Waals surface area contributed by atoms with Gasteiger partial charge in [-0.1, -0.05) is 42.3 Å². The highest BCUT2D eigenvalue weighted by molar-refractivity contribution is 9.10. The second-order valence-electron chi connectivity index (χ2n) is 4.24. The average molecular weight is 350 g/mol. The molecule has 1 rings (SSSR count). The van der Waals surface area contributed by atoms with E-state index in [9.17, 15) is 13.2 Å². The summed E-state index contributed by atoms with van der Waals surface area (Å²) in [5.74, 6) is -0.434. The predicted molar refractivity (Wildman–Crippen MR) is 74.6 cm³/mol. The Bertz CT molecular complexity index is 544. The quantitative estimate of drug-likeness (QED) is 0.801. The number of sulfonamides is 1. The number of carbonyl (C=O) groups is 1. The van der Waals surface area contributed by atoms with E-state index in [1.165, 1.54) is 12.1 Å². The molecule has 1 unspecified atom stereocenters. The first kappa shape index (κ1) is 16.1. The lowest BCUT2D eigenvalue weighted by molar-refractivity contribution is -0.148. The summed E-state index contributed by atoms with van der Waals surface area (Å²) in [5, 5.41) is 0. The summed E-state index contributed by atoms with van der Waals surface area (Å²) in [7, 11) is -3.84. The van der Waals surface area contributed by atoms with Gasteiger partial charge in [-0.2, -0.15) is 0 Å². The highest BCUT2D eigenvalue weighted by Crippen LogP contribution is 2.16. The van der Waals surface area contributed by atoms with Crippen LogP contribution < -0.4 is 4.89 Å². The molecule has 0 bridgehead atoms. The Labute approximate surface area is 121 Å². The third-order valence-electron chi connectivity index (χ3n) is 2.58. The first-order valence-electron chi connectivity index (χ1n) is 5.82. The number of hydrogen-bond acceptors (Lipinski definition) is 4. The van der Waals surface area contributed by atoms with E-state index in [-0.39, 0.29) is 17.2 Å². The van der Waals surface area contributed by atoms with Crippen molar-refractivity contribution in [2.24, 2.45) is 5.92 Å². The van der Waals surface area contributed by atoms with E-state index in [2.05, 4.69) is 20.8 Å². The maximum atomic E-state index is 11.8. The minimum Gasteiger partial charge on any atom is -0.356 e. The summed E-state index contributed by atoms with van der Waals surface area (Å²) in [6.45, 7) is 3.84. The van der Waals surface area contributed by atoms with Gasteiger partial charge in [-0.15, -0.1) is 0 Å². The van der Waals surface area contributed by atoms with Crippen LogP contribution in [0.5, 0.6) is 0 Å². The molecule has 0 saturated carbocycles. The van der Waals surface area contributed by atoms with Crippen molar-refractivity contribution < 1.29 is 18.0 Å². The van der Waals surface area contributed by atoms with Crippen molar-refractivity contribution in [1.29, 1.82) is 0 Å². The molecule has 7 heteroatoms. The molecule has 0 heterocycles. The van der Waals surface area contributed by atoms with E-state index in [1.807, 2.05) is 18.7 Å². The summed E-state index contributed by atoms with van der Waals surface area (Å²) in [4.78, 5) is 17.8. The Hall–Kier alpha value is -0.920. The lowest BCUT2D eigenvalue weighted by Gasteiger charge is -2.09. The van der Waals surface area contributed by atoms with Crippen LogP contribution in [0, 0.1) is 5.92 Å². The second-order valence-corrected chi connectivity index (χ2v) is 6.80. The molecule has 1 N–H and O–H groups in total. The average Bonchev–Trinajstić information content (AvgIpc) is 2.36. The van der Waals surface area contributed by atoms with Crippen molar-refractivity contribution in [2.75, 3.05) is 0 Å². The van der Waals surface area contributed by atoms with Crippen LogP contribution in [0.3, 0.4) is 0 Å². The molecule has 0 amide bonds. The van der Waals surface area contributed by atoms with Gasteiger partial charge in [0, 0.05) is 10.9 Å². The van der Waals surface area contributed by atoms with E-state index < -0.39 is 16.0 Å². The third-order valence-corrected chi connectivity index (χ3v) is 4.25. The Morgan fingerprint density at radius 1 is 1.47 bits per heavy atom. The first-order chi connectivity index (χ1) is 8.85. The van der Waals surface area contributed by atoms with Crippen LogP contribution in [-0.4, -0.2) is 14.4 Å². The molecule has 0 aliphatic carbocycles. The number of nitrogens with one attached hydrogen (secondary N) is 1.